The molecule has 0 saturated heterocycles. The normalized spacial score (nSPS) is 15.4. The lowest BCUT2D eigenvalue weighted by Gasteiger charge is -2.30. The second-order valence-corrected chi connectivity index (χ2v) is 9.50. The topological polar surface area (TPSA) is 79.3 Å². The number of aromatic nitrogens is 2. The van der Waals surface area contributed by atoms with Crippen molar-refractivity contribution in [2.75, 3.05) is 20.6 Å². The molecule has 9 heteroatoms. The number of rotatable bonds is 4. The monoisotopic (exact) mass is 449 g/mol. The van der Waals surface area contributed by atoms with Gasteiger partial charge < -0.3 is 15.2 Å². The molecule has 2 heterocycles. The summed E-state index contributed by atoms with van der Waals surface area (Å²) in [6.45, 7) is 9.13. The van der Waals surface area contributed by atoms with Crippen LogP contribution in [0.3, 0.4) is 0 Å². The molecule has 31 heavy (non-hydrogen) atoms. The predicted molar refractivity (Wildman–Crippen MR) is 118 cm³/mol. The molecule has 1 aromatic carbocycles. The number of halogens is 2. The van der Waals surface area contributed by atoms with Crippen molar-refractivity contribution in [1.29, 1.82) is 0 Å². The third-order valence-corrected chi connectivity index (χ3v) is 5.96. The van der Waals surface area contributed by atoms with Crippen LogP contribution in [0.2, 0.25) is 5.02 Å². The number of fused-ring (bicyclic) bond motifs is 1. The maximum Gasteiger partial charge on any atom is 0.272 e. The number of benzene rings is 1. The summed E-state index contributed by atoms with van der Waals surface area (Å²) in [6.07, 6.45) is 0. The molecule has 1 aromatic heterocycles. The SMILES string of the molecule is CNC(=O)[C@@H](NC(=O)c1nc(-c2cc(Cl)c(C)cc2F)n2c1CN(C)CC2)C(C)(C)C. The first-order valence-corrected chi connectivity index (χ1v) is 10.6. The van der Waals surface area contributed by atoms with Gasteiger partial charge in [0.05, 0.1) is 11.3 Å². The van der Waals surface area contributed by atoms with Gasteiger partial charge in [-0.2, -0.15) is 0 Å². The molecule has 0 radical (unpaired) electrons. The number of carbonyl (C=O) groups excluding carboxylic acids is 2. The minimum atomic E-state index is -0.752. The summed E-state index contributed by atoms with van der Waals surface area (Å²) in [5.74, 6) is -0.839. The Hall–Kier alpha value is -2.45. The average molecular weight is 450 g/mol. The van der Waals surface area contributed by atoms with Crippen LogP contribution in [0, 0.1) is 18.2 Å². The maximum absolute atomic E-state index is 14.8. The van der Waals surface area contributed by atoms with E-state index in [9.17, 15) is 14.0 Å². The highest BCUT2D eigenvalue weighted by molar-refractivity contribution is 6.31. The van der Waals surface area contributed by atoms with Gasteiger partial charge in [0.25, 0.3) is 5.91 Å². The van der Waals surface area contributed by atoms with E-state index in [2.05, 4.69) is 20.5 Å². The lowest BCUT2D eigenvalue weighted by molar-refractivity contribution is -0.124. The summed E-state index contributed by atoms with van der Waals surface area (Å²) < 4.78 is 16.7. The van der Waals surface area contributed by atoms with Crippen LogP contribution >= 0.6 is 11.6 Å². The van der Waals surface area contributed by atoms with Crippen LogP contribution in [0.1, 0.15) is 42.5 Å². The van der Waals surface area contributed by atoms with Gasteiger partial charge in [-0.3, -0.25) is 14.5 Å². The Labute approximate surface area is 187 Å². The third kappa shape index (κ3) is 4.60. The van der Waals surface area contributed by atoms with Crippen molar-refractivity contribution < 1.29 is 14.0 Å². The highest BCUT2D eigenvalue weighted by Crippen LogP contribution is 2.31. The quantitative estimate of drug-likeness (QED) is 0.752. The smallest absolute Gasteiger partial charge is 0.272 e. The summed E-state index contributed by atoms with van der Waals surface area (Å²) in [5.41, 5.74) is 1.24. The summed E-state index contributed by atoms with van der Waals surface area (Å²) in [7, 11) is 3.48. The van der Waals surface area contributed by atoms with Crippen LogP contribution in [0.4, 0.5) is 4.39 Å². The van der Waals surface area contributed by atoms with E-state index >= 15 is 0 Å². The molecule has 1 atom stereocenters. The Bertz CT molecular complexity index is 1030. The van der Waals surface area contributed by atoms with Gasteiger partial charge in [-0.25, -0.2) is 9.37 Å². The van der Waals surface area contributed by atoms with E-state index in [0.717, 1.165) is 6.54 Å². The van der Waals surface area contributed by atoms with Gasteiger partial charge in [0, 0.05) is 31.7 Å². The highest BCUT2D eigenvalue weighted by Gasteiger charge is 2.35. The van der Waals surface area contributed by atoms with Crippen molar-refractivity contribution in [1.82, 2.24) is 25.1 Å². The van der Waals surface area contributed by atoms with E-state index in [1.807, 2.05) is 32.4 Å². The largest absolute Gasteiger partial charge is 0.357 e. The fourth-order valence-electron chi connectivity index (χ4n) is 3.72. The Kier molecular flexibility index (Phi) is 6.43. The van der Waals surface area contributed by atoms with E-state index < -0.39 is 23.2 Å². The second kappa shape index (κ2) is 8.59. The van der Waals surface area contributed by atoms with Gasteiger partial charge in [-0.1, -0.05) is 32.4 Å². The number of amides is 2. The lowest BCUT2D eigenvalue weighted by Crippen LogP contribution is -2.53. The van der Waals surface area contributed by atoms with Crippen LogP contribution in [-0.4, -0.2) is 52.9 Å². The van der Waals surface area contributed by atoms with Gasteiger partial charge in [0.2, 0.25) is 5.91 Å². The molecule has 1 aliphatic heterocycles. The number of hydrogen-bond donors (Lipinski definition) is 2. The Morgan fingerprint density at radius 1 is 1.26 bits per heavy atom. The fraction of sp³-hybridized carbons (Fsp3) is 0.500. The first-order valence-electron chi connectivity index (χ1n) is 10.2. The molecule has 0 spiro atoms. The summed E-state index contributed by atoms with van der Waals surface area (Å²) in [6, 6.07) is 2.16. The van der Waals surface area contributed by atoms with E-state index in [1.54, 1.807) is 13.0 Å². The minimum Gasteiger partial charge on any atom is -0.357 e. The van der Waals surface area contributed by atoms with Crippen LogP contribution in [0.25, 0.3) is 11.4 Å². The molecule has 0 aliphatic carbocycles. The maximum atomic E-state index is 14.8. The summed E-state index contributed by atoms with van der Waals surface area (Å²) in [4.78, 5) is 32.2. The number of aryl methyl sites for hydroxylation is 1. The first-order chi connectivity index (χ1) is 14.4. The zero-order valence-corrected chi connectivity index (χ0v) is 19.5. The standard InChI is InChI=1S/C22H29ClFN5O2/c1-12-9-15(24)13(10-14(12)23)19-26-17(16-11-28(6)7-8-29(16)19)20(30)27-18(21(31)25-5)22(2,3)4/h9-10,18H,7-8,11H2,1-6H3,(H,25,31)(H,27,30)/t18-/m1/s1. The number of hydrogen-bond acceptors (Lipinski definition) is 4. The predicted octanol–water partition coefficient (Wildman–Crippen LogP) is 2.99. The van der Waals surface area contributed by atoms with Gasteiger partial charge in [0.15, 0.2) is 5.69 Å². The summed E-state index contributed by atoms with van der Waals surface area (Å²) >= 11 is 6.25. The molecule has 0 fully saturated rings. The minimum absolute atomic E-state index is 0.191. The van der Waals surface area contributed by atoms with E-state index in [0.29, 0.717) is 35.2 Å². The van der Waals surface area contributed by atoms with Crippen molar-refractivity contribution in [2.24, 2.45) is 5.41 Å². The molecule has 0 unspecified atom stereocenters. The van der Waals surface area contributed by atoms with Crippen LogP contribution < -0.4 is 10.6 Å². The van der Waals surface area contributed by atoms with Crippen molar-refractivity contribution in [2.45, 2.75) is 46.8 Å². The molecule has 3 rings (SSSR count). The number of nitrogens with one attached hydrogen (secondary N) is 2. The number of likely N-dealkylation sites (N-methyl/N-ethyl adjacent to an activating group) is 2. The molecule has 0 bridgehead atoms. The molecule has 2 aromatic rings. The number of imidazole rings is 1. The van der Waals surface area contributed by atoms with E-state index in [4.69, 9.17) is 11.6 Å². The molecule has 2 N–H and O–H groups in total. The Balaban J connectivity index is 2.08. The zero-order valence-electron chi connectivity index (χ0n) is 18.8. The molecule has 2 amide bonds. The van der Waals surface area contributed by atoms with Gasteiger partial charge in [0.1, 0.15) is 17.7 Å². The molecular formula is C22H29ClFN5O2. The Morgan fingerprint density at radius 3 is 2.55 bits per heavy atom. The number of nitrogens with zero attached hydrogens (tertiary/aromatic N) is 3. The highest BCUT2D eigenvalue weighted by atomic mass is 35.5. The second-order valence-electron chi connectivity index (χ2n) is 9.09. The summed E-state index contributed by atoms with van der Waals surface area (Å²) in [5, 5.41) is 5.85. The molecule has 7 nitrogen and oxygen atoms in total. The first kappa shape index (κ1) is 23.2. The fourth-order valence-corrected chi connectivity index (χ4v) is 3.88. The van der Waals surface area contributed by atoms with Crippen molar-refractivity contribution in [3.8, 4) is 11.4 Å². The number of carbonyl (C=O) groups is 2. The van der Waals surface area contributed by atoms with Gasteiger partial charge in [-0.15, -0.1) is 0 Å². The van der Waals surface area contributed by atoms with Gasteiger partial charge in [-0.05, 0) is 37.1 Å². The lowest BCUT2D eigenvalue weighted by atomic mass is 9.86. The van der Waals surface area contributed by atoms with Crippen LogP contribution in [0.5, 0.6) is 0 Å². The average Bonchev–Trinajstić information content (AvgIpc) is 3.05. The third-order valence-electron chi connectivity index (χ3n) is 5.55. The zero-order chi connectivity index (χ0) is 23.1. The van der Waals surface area contributed by atoms with Gasteiger partial charge >= 0.3 is 0 Å². The van der Waals surface area contributed by atoms with Crippen molar-refractivity contribution >= 4 is 23.4 Å². The van der Waals surface area contributed by atoms with Crippen LogP contribution in [0.15, 0.2) is 12.1 Å². The van der Waals surface area contributed by atoms with Crippen LogP contribution in [-0.2, 0) is 17.9 Å². The molecule has 0 saturated carbocycles. The van der Waals surface area contributed by atoms with E-state index in [-0.39, 0.29) is 17.2 Å². The van der Waals surface area contributed by atoms with E-state index in [1.165, 1.54) is 13.1 Å². The van der Waals surface area contributed by atoms with Crippen molar-refractivity contribution in [3.05, 3.63) is 39.9 Å². The Morgan fingerprint density at radius 2 is 1.94 bits per heavy atom. The molecule has 168 valence electrons. The van der Waals surface area contributed by atoms with Crippen molar-refractivity contribution in [3.63, 3.8) is 0 Å². The molecular weight excluding hydrogens is 421 g/mol. The molecule has 1 aliphatic rings.